The Morgan fingerprint density at radius 1 is 1.59 bits per heavy atom. The lowest BCUT2D eigenvalue weighted by atomic mass is 9.99. The maximum absolute atomic E-state index is 13.1. The highest BCUT2D eigenvalue weighted by Crippen LogP contribution is 2.44. The van der Waals surface area contributed by atoms with Crippen LogP contribution in [0.3, 0.4) is 0 Å². The van der Waals surface area contributed by atoms with E-state index in [1.54, 1.807) is 6.92 Å². The molecular formula is C11H12F2N2O2. The molecule has 1 fully saturated rings. The Labute approximate surface area is 96.7 Å². The second-order valence-corrected chi connectivity index (χ2v) is 4.32. The average molecular weight is 242 g/mol. The van der Waals surface area contributed by atoms with Crippen molar-refractivity contribution in [1.29, 1.82) is 0 Å². The van der Waals surface area contributed by atoms with Gasteiger partial charge in [-0.3, -0.25) is 0 Å². The summed E-state index contributed by atoms with van der Waals surface area (Å²) in [5, 5.41) is 8.98. The van der Waals surface area contributed by atoms with Gasteiger partial charge < -0.3 is 5.11 Å². The number of hydrogen-bond acceptors (Lipinski definition) is 3. The maximum Gasteiger partial charge on any atom is 0.339 e. The SMILES string of the molecule is Cc1ncc(C(=O)O)c(C2CCC(F)(F)C2)n1. The highest BCUT2D eigenvalue weighted by Gasteiger charge is 2.41. The van der Waals surface area contributed by atoms with Crippen LogP contribution in [0.15, 0.2) is 6.20 Å². The molecule has 0 amide bonds. The summed E-state index contributed by atoms with van der Waals surface area (Å²) in [6.07, 6.45) is 0.920. The number of halogens is 2. The van der Waals surface area contributed by atoms with Gasteiger partial charge in [-0.1, -0.05) is 0 Å². The average Bonchev–Trinajstić information content (AvgIpc) is 2.58. The number of carbonyl (C=O) groups is 1. The second-order valence-electron chi connectivity index (χ2n) is 4.32. The summed E-state index contributed by atoms with van der Waals surface area (Å²) in [6.45, 7) is 1.61. The monoisotopic (exact) mass is 242 g/mol. The third-order valence-corrected chi connectivity index (χ3v) is 2.96. The number of aryl methyl sites for hydroxylation is 1. The van der Waals surface area contributed by atoms with E-state index in [1.807, 2.05) is 0 Å². The first-order valence-electron chi connectivity index (χ1n) is 5.34. The van der Waals surface area contributed by atoms with Crippen LogP contribution in [0.2, 0.25) is 0 Å². The topological polar surface area (TPSA) is 63.1 Å². The molecule has 17 heavy (non-hydrogen) atoms. The van der Waals surface area contributed by atoms with E-state index in [9.17, 15) is 13.6 Å². The molecule has 0 aliphatic heterocycles. The molecule has 6 heteroatoms. The highest BCUT2D eigenvalue weighted by atomic mass is 19.3. The zero-order valence-corrected chi connectivity index (χ0v) is 9.28. The molecule has 1 atom stereocenters. The van der Waals surface area contributed by atoms with Gasteiger partial charge in [0.15, 0.2) is 0 Å². The van der Waals surface area contributed by atoms with Crippen molar-refractivity contribution < 1.29 is 18.7 Å². The first-order chi connectivity index (χ1) is 7.89. The van der Waals surface area contributed by atoms with Gasteiger partial charge in [-0.15, -0.1) is 0 Å². The highest BCUT2D eigenvalue weighted by molar-refractivity contribution is 5.88. The molecule has 1 aromatic heterocycles. The lowest BCUT2D eigenvalue weighted by Gasteiger charge is -2.12. The molecule has 1 N–H and O–H groups in total. The summed E-state index contributed by atoms with van der Waals surface area (Å²) in [7, 11) is 0. The van der Waals surface area contributed by atoms with Crippen molar-refractivity contribution >= 4 is 5.97 Å². The predicted molar refractivity (Wildman–Crippen MR) is 55.3 cm³/mol. The first kappa shape index (κ1) is 11.9. The molecular weight excluding hydrogens is 230 g/mol. The molecule has 1 aliphatic carbocycles. The van der Waals surface area contributed by atoms with Crippen molar-refractivity contribution in [3.63, 3.8) is 0 Å². The van der Waals surface area contributed by atoms with Crippen LogP contribution in [0.25, 0.3) is 0 Å². The van der Waals surface area contributed by atoms with Crippen LogP contribution in [0, 0.1) is 6.92 Å². The normalized spacial score (nSPS) is 22.6. The van der Waals surface area contributed by atoms with Crippen LogP contribution in [0.1, 0.15) is 47.1 Å². The lowest BCUT2D eigenvalue weighted by molar-refractivity contribution is 0.00755. The third kappa shape index (κ3) is 2.40. The van der Waals surface area contributed by atoms with Crippen LogP contribution in [0.4, 0.5) is 8.78 Å². The molecule has 4 nitrogen and oxygen atoms in total. The molecule has 1 heterocycles. The quantitative estimate of drug-likeness (QED) is 0.864. The van der Waals surface area contributed by atoms with Crippen molar-refractivity contribution in [2.24, 2.45) is 0 Å². The second kappa shape index (κ2) is 4.01. The van der Waals surface area contributed by atoms with Gasteiger partial charge in [0.05, 0.1) is 11.3 Å². The fourth-order valence-electron chi connectivity index (χ4n) is 2.15. The zero-order valence-electron chi connectivity index (χ0n) is 9.28. The Morgan fingerprint density at radius 3 is 2.82 bits per heavy atom. The number of rotatable bonds is 2. The summed E-state index contributed by atoms with van der Waals surface area (Å²) >= 11 is 0. The largest absolute Gasteiger partial charge is 0.478 e. The van der Waals surface area contributed by atoms with Crippen molar-refractivity contribution in [1.82, 2.24) is 9.97 Å². The van der Waals surface area contributed by atoms with Gasteiger partial charge in [-0.2, -0.15) is 0 Å². The lowest BCUT2D eigenvalue weighted by Crippen LogP contribution is -2.13. The molecule has 0 saturated heterocycles. The summed E-state index contributed by atoms with van der Waals surface area (Å²) in [4.78, 5) is 18.8. The number of aromatic carboxylic acids is 1. The number of nitrogens with zero attached hydrogens (tertiary/aromatic N) is 2. The molecule has 1 aromatic rings. The van der Waals surface area contributed by atoms with E-state index in [0.29, 0.717) is 5.82 Å². The van der Waals surface area contributed by atoms with E-state index < -0.39 is 17.8 Å². The number of carboxylic acid groups (broad SMARTS) is 1. The minimum Gasteiger partial charge on any atom is -0.478 e. The fraction of sp³-hybridized carbons (Fsp3) is 0.545. The number of carboxylic acids is 1. The smallest absolute Gasteiger partial charge is 0.339 e. The Kier molecular flexibility index (Phi) is 2.81. The van der Waals surface area contributed by atoms with E-state index in [0.717, 1.165) is 0 Å². The van der Waals surface area contributed by atoms with E-state index in [-0.39, 0.29) is 30.5 Å². The summed E-state index contributed by atoms with van der Waals surface area (Å²) in [5.74, 6) is -3.97. The van der Waals surface area contributed by atoms with Crippen molar-refractivity contribution in [3.8, 4) is 0 Å². The minimum atomic E-state index is -2.71. The molecule has 0 aromatic carbocycles. The number of aromatic nitrogens is 2. The first-order valence-corrected chi connectivity index (χ1v) is 5.34. The van der Waals surface area contributed by atoms with Gasteiger partial charge in [0.2, 0.25) is 5.92 Å². The summed E-state index contributed by atoms with van der Waals surface area (Å²) < 4.78 is 26.2. The van der Waals surface area contributed by atoms with Crippen LogP contribution in [-0.4, -0.2) is 27.0 Å². The van der Waals surface area contributed by atoms with E-state index in [4.69, 9.17) is 5.11 Å². The van der Waals surface area contributed by atoms with Gasteiger partial charge in [-0.25, -0.2) is 23.5 Å². The van der Waals surface area contributed by atoms with Gasteiger partial charge in [0, 0.05) is 25.0 Å². The van der Waals surface area contributed by atoms with Crippen LogP contribution in [-0.2, 0) is 0 Å². The molecule has 1 aliphatic rings. The Morgan fingerprint density at radius 2 is 2.29 bits per heavy atom. The van der Waals surface area contributed by atoms with Crippen molar-refractivity contribution in [3.05, 3.63) is 23.3 Å². The van der Waals surface area contributed by atoms with E-state index in [2.05, 4.69) is 9.97 Å². The van der Waals surface area contributed by atoms with Crippen LogP contribution in [0.5, 0.6) is 0 Å². The molecule has 0 spiro atoms. The van der Waals surface area contributed by atoms with Gasteiger partial charge >= 0.3 is 5.97 Å². The summed E-state index contributed by atoms with van der Waals surface area (Å²) in [6, 6.07) is 0. The Hall–Kier alpha value is -1.59. The van der Waals surface area contributed by atoms with Gasteiger partial charge in [-0.05, 0) is 13.3 Å². The van der Waals surface area contributed by atoms with Crippen LogP contribution >= 0.6 is 0 Å². The van der Waals surface area contributed by atoms with Crippen molar-refractivity contribution in [2.45, 2.75) is 38.0 Å². The molecule has 1 unspecified atom stereocenters. The summed E-state index contributed by atoms with van der Waals surface area (Å²) in [5.41, 5.74) is 0.167. The predicted octanol–water partition coefficient (Wildman–Crippen LogP) is 2.39. The minimum absolute atomic E-state index is 0.0710. The van der Waals surface area contributed by atoms with Crippen LogP contribution < -0.4 is 0 Å². The van der Waals surface area contributed by atoms with Gasteiger partial charge in [0.25, 0.3) is 0 Å². The molecule has 0 radical (unpaired) electrons. The number of hydrogen-bond donors (Lipinski definition) is 1. The molecule has 0 bridgehead atoms. The molecule has 92 valence electrons. The Balaban J connectivity index is 2.38. The number of alkyl halides is 2. The Bertz CT molecular complexity index is 463. The van der Waals surface area contributed by atoms with Gasteiger partial charge in [0.1, 0.15) is 5.82 Å². The standard InChI is InChI=1S/C11H12F2N2O2/c1-6-14-5-8(10(16)17)9(15-6)7-2-3-11(12,13)4-7/h5,7H,2-4H2,1H3,(H,16,17). The zero-order chi connectivity index (χ0) is 12.6. The molecule has 1 saturated carbocycles. The fourth-order valence-corrected chi connectivity index (χ4v) is 2.15. The third-order valence-electron chi connectivity index (χ3n) is 2.96. The van der Waals surface area contributed by atoms with E-state index in [1.165, 1.54) is 6.20 Å². The maximum atomic E-state index is 13.1. The van der Waals surface area contributed by atoms with E-state index >= 15 is 0 Å². The van der Waals surface area contributed by atoms with Crippen molar-refractivity contribution in [2.75, 3.05) is 0 Å². The molecule has 2 rings (SSSR count).